The Morgan fingerprint density at radius 1 is 1.46 bits per heavy atom. The predicted molar refractivity (Wildman–Crippen MR) is 52.5 cm³/mol. The summed E-state index contributed by atoms with van der Waals surface area (Å²) in [5.74, 6) is -0.664. The molecule has 0 aromatic heterocycles. The maximum absolute atomic E-state index is 10.7. The van der Waals surface area contributed by atoms with Crippen LogP contribution in [0.2, 0.25) is 5.02 Å². The molecule has 0 spiro atoms. The third-order valence-corrected chi connectivity index (χ3v) is 2.22. The predicted octanol–water partition coefficient (Wildman–Crippen LogP) is 3.16. The highest BCUT2D eigenvalue weighted by molar-refractivity contribution is 6.33. The van der Waals surface area contributed by atoms with Gasteiger partial charge in [-0.2, -0.15) is 0 Å². The fourth-order valence-electron chi connectivity index (χ4n) is 1.07. The zero-order chi connectivity index (χ0) is 10.0. The molecule has 70 valence electrons. The van der Waals surface area contributed by atoms with Gasteiger partial charge in [0.05, 0.1) is 10.6 Å². The summed E-state index contributed by atoms with van der Waals surface area (Å²) in [4.78, 5) is 10.7. The van der Waals surface area contributed by atoms with Crippen LogP contribution in [0.1, 0.15) is 35.7 Å². The average molecular weight is 199 g/mol. The number of aromatic carboxylic acids is 1. The van der Waals surface area contributed by atoms with Crippen LogP contribution in [0, 0.1) is 0 Å². The standard InChI is InChI=1S/C10H11ClO2/c1-6(2)7-3-4-9(11)8(5-7)10(12)13/h3-6H,1-2H3,(H,12,13). The molecule has 1 aromatic carbocycles. The van der Waals surface area contributed by atoms with Gasteiger partial charge >= 0.3 is 5.97 Å². The number of benzene rings is 1. The lowest BCUT2D eigenvalue weighted by Gasteiger charge is -2.06. The van der Waals surface area contributed by atoms with Gasteiger partial charge in [0.1, 0.15) is 0 Å². The third kappa shape index (κ3) is 2.22. The fraction of sp³-hybridized carbons (Fsp3) is 0.300. The average Bonchev–Trinajstić information content (AvgIpc) is 2.04. The Bertz CT molecular complexity index is 332. The van der Waals surface area contributed by atoms with Crippen molar-refractivity contribution in [3.05, 3.63) is 34.3 Å². The zero-order valence-electron chi connectivity index (χ0n) is 7.54. The van der Waals surface area contributed by atoms with Crippen LogP contribution < -0.4 is 0 Å². The van der Waals surface area contributed by atoms with Gasteiger partial charge in [0.2, 0.25) is 0 Å². The smallest absolute Gasteiger partial charge is 0.337 e. The number of carboxylic acid groups (broad SMARTS) is 1. The van der Waals surface area contributed by atoms with Gasteiger partial charge in [-0.3, -0.25) is 0 Å². The van der Waals surface area contributed by atoms with Crippen molar-refractivity contribution in [1.29, 1.82) is 0 Å². The number of carbonyl (C=O) groups is 1. The van der Waals surface area contributed by atoms with E-state index in [1.807, 2.05) is 19.9 Å². The quantitative estimate of drug-likeness (QED) is 0.793. The van der Waals surface area contributed by atoms with Gasteiger partial charge in [0.25, 0.3) is 0 Å². The lowest BCUT2D eigenvalue weighted by atomic mass is 10.0. The first-order valence-corrected chi connectivity index (χ1v) is 4.43. The minimum Gasteiger partial charge on any atom is -0.478 e. The highest BCUT2D eigenvalue weighted by atomic mass is 35.5. The molecule has 0 unspecified atom stereocenters. The first kappa shape index (κ1) is 10.1. The summed E-state index contributed by atoms with van der Waals surface area (Å²) in [5.41, 5.74) is 1.16. The molecule has 0 fully saturated rings. The van der Waals surface area contributed by atoms with Crippen LogP contribution in [-0.2, 0) is 0 Å². The summed E-state index contributed by atoms with van der Waals surface area (Å²) in [6.07, 6.45) is 0. The second kappa shape index (κ2) is 3.79. The normalized spacial score (nSPS) is 10.5. The summed E-state index contributed by atoms with van der Waals surface area (Å²) in [7, 11) is 0. The van der Waals surface area contributed by atoms with Crippen molar-refractivity contribution in [2.45, 2.75) is 19.8 Å². The first-order valence-electron chi connectivity index (χ1n) is 4.05. The van der Waals surface area contributed by atoms with Gasteiger partial charge < -0.3 is 5.11 Å². The second-order valence-electron chi connectivity index (χ2n) is 3.20. The van der Waals surface area contributed by atoms with Crippen molar-refractivity contribution in [3.63, 3.8) is 0 Å². The van der Waals surface area contributed by atoms with Crippen molar-refractivity contribution < 1.29 is 9.90 Å². The van der Waals surface area contributed by atoms with E-state index < -0.39 is 5.97 Å². The molecular weight excluding hydrogens is 188 g/mol. The minimum atomic E-state index is -0.979. The van der Waals surface area contributed by atoms with E-state index in [4.69, 9.17) is 16.7 Å². The molecule has 0 amide bonds. The second-order valence-corrected chi connectivity index (χ2v) is 3.61. The highest BCUT2D eigenvalue weighted by Gasteiger charge is 2.10. The summed E-state index contributed by atoms with van der Waals surface area (Å²) in [6, 6.07) is 5.09. The Morgan fingerprint density at radius 2 is 2.08 bits per heavy atom. The van der Waals surface area contributed by atoms with Gasteiger partial charge in [-0.15, -0.1) is 0 Å². The zero-order valence-corrected chi connectivity index (χ0v) is 8.30. The Balaban J connectivity index is 3.19. The van der Waals surface area contributed by atoms with Crippen LogP contribution in [-0.4, -0.2) is 11.1 Å². The van der Waals surface area contributed by atoms with E-state index in [2.05, 4.69) is 0 Å². The van der Waals surface area contributed by atoms with Gasteiger partial charge in [0.15, 0.2) is 0 Å². The summed E-state index contributed by atoms with van der Waals surface area (Å²) in [6.45, 7) is 4.02. The molecule has 3 heteroatoms. The first-order chi connectivity index (χ1) is 6.02. The molecule has 0 aliphatic rings. The molecule has 0 aliphatic heterocycles. The van der Waals surface area contributed by atoms with Gasteiger partial charge in [0, 0.05) is 0 Å². The van der Waals surface area contributed by atoms with Crippen LogP contribution in [0.15, 0.2) is 18.2 Å². The Labute approximate surface area is 82.2 Å². The van der Waals surface area contributed by atoms with E-state index in [0.29, 0.717) is 5.92 Å². The van der Waals surface area contributed by atoms with Crippen LogP contribution in [0.25, 0.3) is 0 Å². The summed E-state index contributed by atoms with van der Waals surface area (Å²) in [5, 5.41) is 9.08. The van der Waals surface area contributed by atoms with Gasteiger partial charge in [-0.1, -0.05) is 31.5 Å². The van der Waals surface area contributed by atoms with Crippen LogP contribution in [0.4, 0.5) is 0 Å². The minimum absolute atomic E-state index is 0.174. The monoisotopic (exact) mass is 198 g/mol. The fourth-order valence-corrected chi connectivity index (χ4v) is 1.26. The lowest BCUT2D eigenvalue weighted by Crippen LogP contribution is -1.99. The molecule has 0 bridgehead atoms. The van der Waals surface area contributed by atoms with E-state index in [9.17, 15) is 4.79 Å². The molecule has 1 aromatic rings. The van der Waals surface area contributed by atoms with E-state index >= 15 is 0 Å². The molecule has 1 rings (SSSR count). The largest absolute Gasteiger partial charge is 0.478 e. The van der Waals surface area contributed by atoms with E-state index in [0.717, 1.165) is 5.56 Å². The molecule has 1 N–H and O–H groups in total. The van der Waals surface area contributed by atoms with Crippen LogP contribution in [0.5, 0.6) is 0 Å². The molecule has 0 aliphatic carbocycles. The van der Waals surface area contributed by atoms with Crippen molar-refractivity contribution in [2.75, 3.05) is 0 Å². The van der Waals surface area contributed by atoms with Crippen molar-refractivity contribution >= 4 is 17.6 Å². The topological polar surface area (TPSA) is 37.3 Å². The van der Waals surface area contributed by atoms with E-state index in [-0.39, 0.29) is 10.6 Å². The Morgan fingerprint density at radius 3 is 2.54 bits per heavy atom. The van der Waals surface area contributed by atoms with Crippen LogP contribution in [0.3, 0.4) is 0 Å². The van der Waals surface area contributed by atoms with Gasteiger partial charge in [-0.25, -0.2) is 4.79 Å². The molecular formula is C10H11ClO2. The van der Waals surface area contributed by atoms with Gasteiger partial charge in [-0.05, 0) is 23.6 Å². The Kier molecular flexibility index (Phi) is 2.94. The summed E-state index contributed by atoms with van der Waals surface area (Å²) < 4.78 is 0. The van der Waals surface area contributed by atoms with E-state index in [1.165, 1.54) is 0 Å². The summed E-state index contributed by atoms with van der Waals surface area (Å²) >= 11 is 5.72. The third-order valence-electron chi connectivity index (χ3n) is 1.89. The number of rotatable bonds is 2. The maximum Gasteiger partial charge on any atom is 0.337 e. The number of hydrogen-bond donors (Lipinski definition) is 1. The molecule has 13 heavy (non-hydrogen) atoms. The number of carboxylic acids is 1. The molecule has 0 saturated carbocycles. The Hall–Kier alpha value is -1.02. The molecule has 0 atom stereocenters. The molecule has 2 nitrogen and oxygen atoms in total. The van der Waals surface area contributed by atoms with Crippen molar-refractivity contribution in [3.8, 4) is 0 Å². The SMILES string of the molecule is CC(C)c1ccc(Cl)c(C(=O)O)c1. The van der Waals surface area contributed by atoms with Crippen LogP contribution >= 0.6 is 11.6 Å². The molecule has 0 saturated heterocycles. The van der Waals surface area contributed by atoms with Crippen molar-refractivity contribution in [1.82, 2.24) is 0 Å². The van der Waals surface area contributed by atoms with E-state index in [1.54, 1.807) is 12.1 Å². The molecule has 0 heterocycles. The lowest BCUT2D eigenvalue weighted by molar-refractivity contribution is 0.0697. The number of hydrogen-bond acceptors (Lipinski definition) is 1. The number of halogens is 1. The maximum atomic E-state index is 10.7. The van der Waals surface area contributed by atoms with Crippen molar-refractivity contribution in [2.24, 2.45) is 0 Å². The molecule has 0 radical (unpaired) electrons. The highest BCUT2D eigenvalue weighted by Crippen LogP contribution is 2.22.